The molecule has 1 heterocycles. The molecular formula is C13H15N3. The van der Waals surface area contributed by atoms with Crippen LogP contribution >= 0.6 is 0 Å². The highest BCUT2D eigenvalue weighted by molar-refractivity contribution is 5.76. The van der Waals surface area contributed by atoms with E-state index in [0.717, 1.165) is 11.3 Å². The second-order valence-corrected chi connectivity index (χ2v) is 4.45. The van der Waals surface area contributed by atoms with Crippen molar-refractivity contribution >= 4 is 5.82 Å². The molecule has 2 aromatic rings. The van der Waals surface area contributed by atoms with E-state index in [2.05, 4.69) is 28.4 Å². The lowest BCUT2D eigenvalue weighted by Crippen LogP contribution is -1.90. The minimum Gasteiger partial charge on any atom is -0.382 e. The van der Waals surface area contributed by atoms with Crippen LogP contribution in [0.15, 0.2) is 18.2 Å². The Bertz CT molecular complexity index is 521. The van der Waals surface area contributed by atoms with E-state index in [1.165, 1.54) is 36.0 Å². The van der Waals surface area contributed by atoms with E-state index in [-0.39, 0.29) is 0 Å². The van der Waals surface area contributed by atoms with Crippen LogP contribution in [0, 0.1) is 6.92 Å². The van der Waals surface area contributed by atoms with Gasteiger partial charge in [-0.05, 0) is 42.9 Å². The molecule has 0 spiro atoms. The Kier molecular flexibility index (Phi) is 1.99. The topological polar surface area (TPSA) is 54.7 Å². The number of H-pyrrole nitrogens is 1. The van der Waals surface area contributed by atoms with Crippen LogP contribution in [0.3, 0.4) is 0 Å². The number of aromatic amines is 1. The molecule has 0 atom stereocenters. The number of nitrogens with zero attached hydrogens (tertiary/aromatic N) is 1. The lowest BCUT2D eigenvalue weighted by atomic mass is 10.0. The zero-order valence-corrected chi connectivity index (χ0v) is 9.38. The van der Waals surface area contributed by atoms with Crippen LogP contribution in [-0.2, 0) is 12.8 Å². The first-order chi connectivity index (χ1) is 7.75. The van der Waals surface area contributed by atoms with Gasteiger partial charge in [0.2, 0.25) is 0 Å². The van der Waals surface area contributed by atoms with E-state index in [9.17, 15) is 0 Å². The third-order valence-corrected chi connectivity index (χ3v) is 3.36. The minimum absolute atomic E-state index is 0.593. The van der Waals surface area contributed by atoms with Gasteiger partial charge in [0, 0.05) is 11.3 Å². The summed E-state index contributed by atoms with van der Waals surface area (Å²) in [4.78, 5) is 0. The third-order valence-electron chi connectivity index (χ3n) is 3.36. The largest absolute Gasteiger partial charge is 0.382 e. The summed E-state index contributed by atoms with van der Waals surface area (Å²) >= 11 is 0. The van der Waals surface area contributed by atoms with Crippen molar-refractivity contribution < 1.29 is 0 Å². The maximum absolute atomic E-state index is 5.88. The molecule has 1 aliphatic rings. The van der Waals surface area contributed by atoms with Crippen molar-refractivity contribution in [3.63, 3.8) is 0 Å². The number of benzene rings is 1. The zero-order chi connectivity index (χ0) is 11.1. The molecule has 0 saturated heterocycles. The van der Waals surface area contributed by atoms with Crippen LogP contribution in [0.4, 0.5) is 5.82 Å². The van der Waals surface area contributed by atoms with Gasteiger partial charge in [0.25, 0.3) is 0 Å². The lowest BCUT2D eigenvalue weighted by molar-refractivity contribution is 0.912. The summed E-state index contributed by atoms with van der Waals surface area (Å²) in [5.74, 6) is 0.593. The standard InChI is InChI=1S/C13H15N3/c1-8-12(13(14)16-15-8)11-6-5-9-3-2-4-10(9)7-11/h5-7H,2-4H2,1H3,(H3,14,15,16). The summed E-state index contributed by atoms with van der Waals surface area (Å²) in [7, 11) is 0. The number of aromatic nitrogens is 2. The fourth-order valence-electron chi connectivity index (χ4n) is 2.54. The van der Waals surface area contributed by atoms with Crippen LogP contribution in [0.2, 0.25) is 0 Å². The fourth-order valence-corrected chi connectivity index (χ4v) is 2.54. The first kappa shape index (κ1) is 9.46. The number of nitrogens with one attached hydrogen (secondary N) is 1. The number of nitrogens with two attached hydrogens (primary N) is 1. The summed E-state index contributed by atoms with van der Waals surface area (Å²) < 4.78 is 0. The molecule has 0 aliphatic heterocycles. The Morgan fingerprint density at radius 2 is 2.06 bits per heavy atom. The second-order valence-electron chi connectivity index (χ2n) is 4.45. The SMILES string of the molecule is Cc1[nH]nc(N)c1-c1ccc2c(c1)CCC2. The molecule has 3 N–H and O–H groups in total. The Morgan fingerprint density at radius 1 is 1.25 bits per heavy atom. The van der Waals surface area contributed by atoms with E-state index in [1.807, 2.05) is 6.92 Å². The van der Waals surface area contributed by atoms with Crippen LogP contribution in [-0.4, -0.2) is 10.2 Å². The molecule has 3 rings (SSSR count). The Labute approximate surface area is 94.7 Å². The fraction of sp³-hybridized carbons (Fsp3) is 0.308. The number of rotatable bonds is 1. The molecule has 3 heteroatoms. The molecule has 0 radical (unpaired) electrons. The van der Waals surface area contributed by atoms with Gasteiger partial charge < -0.3 is 5.73 Å². The number of aryl methyl sites for hydroxylation is 3. The molecule has 1 aromatic heterocycles. The lowest BCUT2D eigenvalue weighted by Gasteiger charge is -2.05. The van der Waals surface area contributed by atoms with Crippen LogP contribution in [0.25, 0.3) is 11.1 Å². The predicted octanol–water partition coefficient (Wildman–Crippen LogP) is 2.46. The van der Waals surface area contributed by atoms with Gasteiger partial charge in [0.15, 0.2) is 5.82 Å². The summed E-state index contributed by atoms with van der Waals surface area (Å²) in [6, 6.07) is 6.64. The quantitative estimate of drug-likeness (QED) is 0.764. The van der Waals surface area contributed by atoms with Gasteiger partial charge in [-0.1, -0.05) is 18.2 Å². The Morgan fingerprint density at radius 3 is 2.81 bits per heavy atom. The highest BCUT2D eigenvalue weighted by Crippen LogP contribution is 2.31. The maximum Gasteiger partial charge on any atom is 0.153 e. The predicted molar refractivity (Wildman–Crippen MR) is 65.2 cm³/mol. The first-order valence-electron chi connectivity index (χ1n) is 5.68. The van der Waals surface area contributed by atoms with Gasteiger partial charge in [-0.15, -0.1) is 0 Å². The number of hydrogen-bond donors (Lipinski definition) is 2. The molecular weight excluding hydrogens is 198 g/mol. The highest BCUT2D eigenvalue weighted by atomic mass is 15.2. The maximum atomic E-state index is 5.88. The van der Waals surface area contributed by atoms with E-state index in [0.29, 0.717) is 5.82 Å². The molecule has 16 heavy (non-hydrogen) atoms. The van der Waals surface area contributed by atoms with E-state index in [1.54, 1.807) is 0 Å². The first-order valence-corrected chi connectivity index (χ1v) is 5.68. The Hall–Kier alpha value is -1.77. The van der Waals surface area contributed by atoms with Crippen molar-refractivity contribution in [1.29, 1.82) is 0 Å². The average Bonchev–Trinajstić information content (AvgIpc) is 2.85. The van der Waals surface area contributed by atoms with Gasteiger partial charge in [0.05, 0.1) is 0 Å². The minimum atomic E-state index is 0.593. The number of hydrogen-bond acceptors (Lipinski definition) is 2. The van der Waals surface area contributed by atoms with Crippen molar-refractivity contribution in [2.24, 2.45) is 0 Å². The molecule has 1 aromatic carbocycles. The van der Waals surface area contributed by atoms with Crippen LogP contribution in [0.5, 0.6) is 0 Å². The number of anilines is 1. The molecule has 0 amide bonds. The number of fused-ring (bicyclic) bond motifs is 1. The van der Waals surface area contributed by atoms with Crippen LogP contribution < -0.4 is 5.73 Å². The van der Waals surface area contributed by atoms with E-state index >= 15 is 0 Å². The summed E-state index contributed by atoms with van der Waals surface area (Å²) in [5.41, 5.74) is 12.1. The normalized spacial score (nSPS) is 14.1. The van der Waals surface area contributed by atoms with Gasteiger partial charge in [0.1, 0.15) is 0 Å². The van der Waals surface area contributed by atoms with Crippen LogP contribution in [0.1, 0.15) is 23.2 Å². The molecule has 0 saturated carbocycles. The van der Waals surface area contributed by atoms with Gasteiger partial charge >= 0.3 is 0 Å². The van der Waals surface area contributed by atoms with Crippen molar-refractivity contribution in [3.8, 4) is 11.1 Å². The number of nitrogen functional groups attached to an aromatic ring is 1. The van der Waals surface area contributed by atoms with E-state index < -0.39 is 0 Å². The van der Waals surface area contributed by atoms with Crippen molar-refractivity contribution in [2.75, 3.05) is 5.73 Å². The Balaban J connectivity index is 2.14. The molecule has 0 bridgehead atoms. The zero-order valence-electron chi connectivity index (χ0n) is 9.38. The van der Waals surface area contributed by atoms with Gasteiger partial charge in [-0.2, -0.15) is 5.10 Å². The molecule has 0 unspecified atom stereocenters. The van der Waals surface area contributed by atoms with Crippen molar-refractivity contribution in [2.45, 2.75) is 26.2 Å². The highest BCUT2D eigenvalue weighted by Gasteiger charge is 2.14. The molecule has 0 fully saturated rings. The molecule has 82 valence electrons. The smallest absolute Gasteiger partial charge is 0.153 e. The molecule has 3 nitrogen and oxygen atoms in total. The summed E-state index contributed by atoms with van der Waals surface area (Å²) in [6.07, 6.45) is 3.69. The van der Waals surface area contributed by atoms with E-state index in [4.69, 9.17) is 5.73 Å². The summed E-state index contributed by atoms with van der Waals surface area (Å²) in [6.45, 7) is 2.01. The second kappa shape index (κ2) is 3.37. The third kappa shape index (κ3) is 1.32. The van der Waals surface area contributed by atoms with Crippen molar-refractivity contribution in [1.82, 2.24) is 10.2 Å². The monoisotopic (exact) mass is 213 g/mol. The van der Waals surface area contributed by atoms with Crippen molar-refractivity contribution in [3.05, 3.63) is 35.0 Å². The molecule has 1 aliphatic carbocycles. The van der Waals surface area contributed by atoms with Gasteiger partial charge in [-0.3, -0.25) is 5.10 Å². The van der Waals surface area contributed by atoms with Gasteiger partial charge in [-0.25, -0.2) is 0 Å². The average molecular weight is 213 g/mol. The summed E-state index contributed by atoms with van der Waals surface area (Å²) in [5, 5.41) is 6.97.